The summed E-state index contributed by atoms with van der Waals surface area (Å²) < 4.78 is 6.05. The maximum Gasteiger partial charge on any atom is 0.411 e. The summed E-state index contributed by atoms with van der Waals surface area (Å²) in [6, 6.07) is 2.61. The van der Waals surface area contributed by atoms with Crippen molar-refractivity contribution >= 4 is 23.7 Å². The van der Waals surface area contributed by atoms with E-state index in [9.17, 15) is 14.4 Å². The van der Waals surface area contributed by atoms with Crippen LogP contribution in [0.25, 0.3) is 0 Å². The van der Waals surface area contributed by atoms with Gasteiger partial charge in [0, 0.05) is 12.5 Å². The highest BCUT2D eigenvalue weighted by atomic mass is 16.6. The average molecular weight is 466 g/mol. The standard InChI is InChI=1S/C25H31N5O4/c1-13(2)18-6-5-14(3)7-20(18)34-25(33)28-12-16-9-21(28)30-22(16)23(31)29(24(30)32)17-8-15(4)19(10-26)27-11-17/h8,11,13-14,16,18,20-22H,5-7,9,12H2,1-4H3/t14-,16?,18+,20-,21?,22+/m1/s1. The Morgan fingerprint density at radius 2 is 2.03 bits per heavy atom. The van der Waals surface area contributed by atoms with Gasteiger partial charge in [-0.15, -0.1) is 0 Å². The molecule has 3 saturated heterocycles. The van der Waals surface area contributed by atoms with Gasteiger partial charge in [0.1, 0.15) is 30.1 Å². The number of carbonyl (C=O) groups excluding carboxylic acids is 3. The first-order valence-electron chi connectivity index (χ1n) is 12.2. The van der Waals surface area contributed by atoms with Crippen LogP contribution in [-0.2, 0) is 9.53 Å². The van der Waals surface area contributed by atoms with Gasteiger partial charge in [0.05, 0.1) is 11.9 Å². The monoisotopic (exact) mass is 465 g/mol. The first-order chi connectivity index (χ1) is 16.2. The number of amides is 4. The average Bonchev–Trinajstić information content (AvgIpc) is 3.45. The second-order valence-corrected chi connectivity index (χ2v) is 10.7. The van der Waals surface area contributed by atoms with Crippen LogP contribution in [-0.4, -0.2) is 57.7 Å². The molecule has 3 aliphatic heterocycles. The van der Waals surface area contributed by atoms with Gasteiger partial charge in [-0.1, -0.05) is 27.2 Å². The number of pyridine rings is 1. The number of nitrogens with zero attached hydrogens (tertiary/aromatic N) is 5. The van der Waals surface area contributed by atoms with Crippen LogP contribution in [0.4, 0.5) is 15.3 Å². The Bertz CT molecular complexity index is 1080. The van der Waals surface area contributed by atoms with Gasteiger partial charge in [0.15, 0.2) is 0 Å². The van der Waals surface area contributed by atoms with E-state index >= 15 is 0 Å². The summed E-state index contributed by atoms with van der Waals surface area (Å²) in [4.78, 5) is 48.2. The van der Waals surface area contributed by atoms with E-state index in [1.54, 1.807) is 17.9 Å². The minimum Gasteiger partial charge on any atom is -0.446 e. The van der Waals surface area contributed by atoms with Crippen molar-refractivity contribution in [1.82, 2.24) is 14.8 Å². The first kappa shape index (κ1) is 22.6. The fourth-order valence-corrected chi connectivity index (χ4v) is 6.34. The van der Waals surface area contributed by atoms with Gasteiger partial charge in [-0.25, -0.2) is 19.5 Å². The molecule has 9 heteroatoms. The van der Waals surface area contributed by atoms with Gasteiger partial charge < -0.3 is 4.74 Å². The van der Waals surface area contributed by atoms with Gasteiger partial charge in [0.25, 0.3) is 5.91 Å². The Hall–Kier alpha value is -3.15. The summed E-state index contributed by atoms with van der Waals surface area (Å²) in [7, 11) is 0. The molecular formula is C25H31N5O4. The molecule has 6 atom stereocenters. The summed E-state index contributed by atoms with van der Waals surface area (Å²) in [5.41, 5.74) is 1.21. The van der Waals surface area contributed by atoms with Crippen LogP contribution >= 0.6 is 0 Å². The van der Waals surface area contributed by atoms with Crippen molar-refractivity contribution in [3.63, 3.8) is 0 Å². The highest BCUT2D eigenvalue weighted by Crippen LogP contribution is 2.45. The zero-order chi connectivity index (χ0) is 24.3. The molecule has 0 N–H and O–H groups in total. The fraction of sp³-hybridized carbons (Fsp3) is 0.640. The van der Waals surface area contributed by atoms with Crippen molar-refractivity contribution in [3.05, 3.63) is 23.5 Å². The Morgan fingerprint density at radius 3 is 2.71 bits per heavy atom. The summed E-state index contributed by atoms with van der Waals surface area (Å²) in [6.45, 7) is 8.68. The van der Waals surface area contributed by atoms with E-state index in [1.165, 1.54) is 11.1 Å². The minimum absolute atomic E-state index is 0.113. The number of hydrogen-bond acceptors (Lipinski definition) is 6. The number of ether oxygens (including phenoxy) is 1. The van der Waals surface area contributed by atoms with Crippen LogP contribution in [0.1, 0.15) is 57.7 Å². The molecule has 2 bridgehead atoms. The van der Waals surface area contributed by atoms with Gasteiger partial charge in [-0.05, 0) is 55.6 Å². The van der Waals surface area contributed by atoms with Crippen LogP contribution in [0.15, 0.2) is 12.3 Å². The molecule has 4 aliphatic rings. The molecule has 34 heavy (non-hydrogen) atoms. The first-order valence-corrected chi connectivity index (χ1v) is 12.2. The number of imide groups is 1. The Labute approximate surface area is 199 Å². The van der Waals surface area contributed by atoms with E-state index in [0.717, 1.165) is 24.2 Å². The molecule has 5 rings (SSSR count). The number of urea groups is 1. The lowest BCUT2D eigenvalue weighted by Crippen LogP contribution is -2.55. The molecule has 1 aliphatic carbocycles. The quantitative estimate of drug-likeness (QED) is 0.631. The normalized spacial score (nSPS) is 32.4. The van der Waals surface area contributed by atoms with E-state index in [2.05, 4.69) is 25.8 Å². The van der Waals surface area contributed by atoms with Crippen molar-refractivity contribution in [2.24, 2.45) is 23.7 Å². The number of fused-ring (bicyclic) bond motifs is 5. The highest BCUT2D eigenvalue weighted by Gasteiger charge is 2.63. The van der Waals surface area contributed by atoms with Crippen molar-refractivity contribution in [2.75, 3.05) is 11.4 Å². The SMILES string of the molecule is Cc1cc(N2C(=O)[C@@H]3C4CC(N(C(=O)O[C@@H]5C[C@H](C)CC[C@H]5C(C)C)C4)N3C2=O)cnc1C#N. The van der Waals surface area contributed by atoms with Crippen molar-refractivity contribution in [3.8, 4) is 6.07 Å². The zero-order valence-electron chi connectivity index (χ0n) is 20.1. The lowest BCUT2D eigenvalue weighted by Gasteiger charge is -2.40. The van der Waals surface area contributed by atoms with Crippen LogP contribution in [0.5, 0.6) is 0 Å². The number of aromatic nitrogens is 1. The molecule has 4 heterocycles. The fourth-order valence-electron chi connectivity index (χ4n) is 6.34. The molecule has 0 spiro atoms. The van der Waals surface area contributed by atoms with Crippen LogP contribution < -0.4 is 4.90 Å². The Balaban J connectivity index is 1.34. The van der Waals surface area contributed by atoms with E-state index < -0.39 is 18.2 Å². The minimum atomic E-state index is -0.574. The van der Waals surface area contributed by atoms with Gasteiger partial charge >= 0.3 is 12.1 Å². The molecule has 1 aromatic rings. The molecule has 0 radical (unpaired) electrons. The predicted molar refractivity (Wildman–Crippen MR) is 122 cm³/mol. The molecule has 2 unspecified atom stereocenters. The maximum atomic E-state index is 13.4. The van der Waals surface area contributed by atoms with E-state index in [0.29, 0.717) is 42.0 Å². The number of likely N-dealkylation sites (tertiary alicyclic amines) is 1. The number of carbonyl (C=O) groups is 3. The van der Waals surface area contributed by atoms with Crippen molar-refractivity contribution in [1.29, 1.82) is 5.26 Å². The van der Waals surface area contributed by atoms with Crippen LogP contribution in [0.3, 0.4) is 0 Å². The number of hydrogen-bond donors (Lipinski definition) is 0. The van der Waals surface area contributed by atoms with Gasteiger partial charge in [-0.3, -0.25) is 14.6 Å². The molecule has 0 aromatic carbocycles. The lowest BCUT2D eigenvalue weighted by molar-refractivity contribution is -0.121. The van der Waals surface area contributed by atoms with Gasteiger partial charge in [-0.2, -0.15) is 5.26 Å². The molecule has 180 valence electrons. The number of anilines is 1. The molecule has 4 amide bonds. The third-order valence-electron chi connectivity index (χ3n) is 8.13. The Kier molecular flexibility index (Phi) is 5.50. The molecule has 9 nitrogen and oxygen atoms in total. The smallest absolute Gasteiger partial charge is 0.411 e. The summed E-state index contributed by atoms with van der Waals surface area (Å²) in [5.74, 6) is 0.879. The van der Waals surface area contributed by atoms with E-state index in [4.69, 9.17) is 10.00 Å². The van der Waals surface area contributed by atoms with E-state index in [1.807, 2.05) is 6.07 Å². The summed E-state index contributed by atoms with van der Waals surface area (Å²) >= 11 is 0. The molecule has 1 saturated carbocycles. The highest BCUT2D eigenvalue weighted by molar-refractivity contribution is 6.22. The van der Waals surface area contributed by atoms with Gasteiger partial charge in [0.2, 0.25) is 0 Å². The number of nitriles is 1. The van der Waals surface area contributed by atoms with Crippen molar-refractivity contribution < 1.29 is 19.1 Å². The van der Waals surface area contributed by atoms with Crippen LogP contribution in [0, 0.1) is 41.9 Å². The lowest BCUT2D eigenvalue weighted by atomic mass is 9.75. The summed E-state index contributed by atoms with van der Waals surface area (Å²) in [6.07, 6.45) is 4.05. The van der Waals surface area contributed by atoms with Crippen molar-refractivity contribution in [2.45, 2.75) is 71.7 Å². The summed E-state index contributed by atoms with van der Waals surface area (Å²) in [5, 5.41) is 9.13. The third kappa shape index (κ3) is 3.42. The largest absolute Gasteiger partial charge is 0.446 e. The zero-order valence-corrected chi connectivity index (χ0v) is 20.1. The van der Waals surface area contributed by atoms with E-state index in [-0.39, 0.29) is 29.7 Å². The molecule has 4 fully saturated rings. The number of aryl methyl sites for hydroxylation is 1. The Morgan fingerprint density at radius 1 is 1.26 bits per heavy atom. The van der Waals surface area contributed by atoms with Crippen LogP contribution in [0.2, 0.25) is 0 Å². The second kappa shape index (κ2) is 8.26. The topological polar surface area (TPSA) is 107 Å². The molecule has 1 aromatic heterocycles. The predicted octanol–water partition coefficient (Wildman–Crippen LogP) is 3.66. The number of rotatable bonds is 3. The maximum absolute atomic E-state index is 13.4. The second-order valence-electron chi connectivity index (χ2n) is 10.7. The third-order valence-corrected chi connectivity index (χ3v) is 8.13. The molecular weight excluding hydrogens is 434 g/mol.